The van der Waals surface area contributed by atoms with Gasteiger partial charge in [-0.15, -0.1) is 0 Å². The van der Waals surface area contributed by atoms with Crippen LogP contribution in [-0.2, 0) is 10.0 Å². The van der Waals surface area contributed by atoms with E-state index in [4.69, 9.17) is 5.73 Å². The number of halogens is 1. The molecule has 1 fully saturated rings. The molecule has 0 atom stereocenters. The maximum atomic E-state index is 12.1. The van der Waals surface area contributed by atoms with Crippen molar-refractivity contribution in [2.75, 3.05) is 5.73 Å². The predicted molar refractivity (Wildman–Crippen MR) is 82.9 cm³/mol. The van der Waals surface area contributed by atoms with Gasteiger partial charge in [0.05, 0.1) is 16.8 Å². The molecule has 1 heterocycles. The summed E-state index contributed by atoms with van der Waals surface area (Å²) in [5, 5.41) is 0. The highest BCUT2D eigenvalue weighted by atomic mass is 79.9. The van der Waals surface area contributed by atoms with Crippen molar-refractivity contribution in [1.29, 1.82) is 0 Å². The van der Waals surface area contributed by atoms with Gasteiger partial charge >= 0.3 is 0 Å². The van der Waals surface area contributed by atoms with Crippen molar-refractivity contribution in [3.63, 3.8) is 0 Å². The first-order valence-corrected chi connectivity index (χ1v) is 8.64. The van der Waals surface area contributed by atoms with Crippen LogP contribution in [0.1, 0.15) is 12.8 Å². The van der Waals surface area contributed by atoms with Crippen molar-refractivity contribution in [3.8, 4) is 11.3 Å². The zero-order valence-electron chi connectivity index (χ0n) is 11.0. The standard InChI is InChI=1S/C13H13BrN4O2S/c14-12-13(15)16-7-11(17-12)8-1-5-10(6-2-8)21(19,20)18-9-3-4-9/h1-2,5-7,9,18H,3-4H2,(H2,15,16). The van der Waals surface area contributed by atoms with E-state index in [0.717, 1.165) is 18.4 Å². The van der Waals surface area contributed by atoms with Crippen LogP contribution in [0.5, 0.6) is 0 Å². The number of hydrogen-bond acceptors (Lipinski definition) is 5. The number of nitrogens with two attached hydrogens (primary N) is 1. The van der Waals surface area contributed by atoms with Crippen molar-refractivity contribution in [3.05, 3.63) is 35.1 Å². The van der Waals surface area contributed by atoms with Gasteiger partial charge in [0.1, 0.15) is 4.60 Å². The summed E-state index contributed by atoms with van der Waals surface area (Å²) in [5.41, 5.74) is 6.98. The molecule has 0 aliphatic heterocycles. The van der Waals surface area contributed by atoms with Gasteiger partial charge in [-0.25, -0.2) is 23.1 Å². The number of benzene rings is 1. The Balaban J connectivity index is 1.88. The number of nitrogens with zero attached hydrogens (tertiary/aromatic N) is 2. The molecule has 8 heteroatoms. The Bertz CT molecular complexity index is 773. The third-order valence-electron chi connectivity index (χ3n) is 3.12. The number of rotatable bonds is 4. The van der Waals surface area contributed by atoms with Gasteiger partial charge in [0.15, 0.2) is 5.82 Å². The molecule has 21 heavy (non-hydrogen) atoms. The van der Waals surface area contributed by atoms with E-state index in [1.807, 2.05) is 0 Å². The van der Waals surface area contributed by atoms with E-state index in [1.165, 1.54) is 0 Å². The Morgan fingerprint density at radius 3 is 2.48 bits per heavy atom. The first-order chi connectivity index (χ1) is 9.95. The fourth-order valence-electron chi connectivity index (χ4n) is 1.81. The topological polar surface area (TPSA) is 98.0 Å². The van der Waals surface area contributed by atoms with Crippen LogP contribution in [0, 0.1) is 0 Å². The van der Waals surface area contributed by atoms with E-state index in [-0.39, 0.29) is 10.9 Å². The molecule has 0 spiro atoms. The van der Waals surface area contributed by atoms with Gasteiger partial charge in [-0.2, -0.15) is 0 Å². The Kier molecular flexibility index (Phi) is 3.68. The summed E-state index contributed by atoms with van der Waals surface area (Å²) in [5.74, 6) is 0.312. The maximum absolute atomic E-state index is 12.1. The molecule has 0 saturated heterocycles. The highest BCUT2D eigenvalue weighted by Crippen LogP contribution is 2.25. The molecule has 1 aliphatic rings. The van der Waals surface area contributed by atoms with Crippen molar-refractivity contribution in [2.45, 2.75) is 23.8 Å². The van der Waals surface area contributed by atoms with Crippen molar-refractivity contribution in [1.82, 2.24) is 14.7 Å². The molecule has 1 saturated carbocycles. The van der Waals surface area contributed by atoms with Gasteiger partial charge in [-0.3, -0.25) is 0 Å². The molecule has 1 aromatic heterocycles. The van der Waals surface area contributed by atoms with Crippen molar-refractivity contribution in [2.24, 2.45) is 0 Å². The van der Waals surface area contributed by atoms with E-state index < -0.39 is 10.0 Å². The lowest BCUT2D eigenvalue weighted by atomic mass is 10.2. The average molecular weight is 369 g/mol. The molecule has 3 rings (SSSR count). The summed E-state index contributed by atoms with van der Waals surface area (Å²) in [4.78, 5) is 8.52. The monoisotopic (exact) mass is 368 g/mol. The lowest BCUT2D eigenvalue weighted by molar-refractivity contribution is 0.581. The maximum Gasteiger partial charge on any atom is 0.240 e. The SMILES string of the molecule is Nc1ncc(-c2ccc(S(=O)(=O)NC3CC3)cc2)nc1Br. The van der Waals surface area contributed by atoms with Crippen LogP contribution >= 0.6 is 15.9 Å². The molecule has 3 N–H and O–H groups in total. The van der Waals surface area contributed by atoms with Gasteiger partial charge in [0.2, 0.25) is 10.0 Å². The summed E-state index contributed by atoms with van der Waals surface area (Å²) in [7, 11) is -3.43. The minimum Gasteiger partial charge on any atom is -0.381 e. The third-order valence-corrected chi connectivity index (χ3v) is 5.24. The quantitative estimate of drug-likeness (QED) is 0.858. The second-order valence-electron chi connectivity index (χ2n) is 4.85. The minimum absolute atomic E-state index is 0.0913. The molecule has 0 unspecified atom stereocenters. The van der Waals surface area contributed by atoms with E-state index >= 15 is 0 Å². The molecule has 0 radical (unpaired) electrons. The van der Waals surface area contributed by atoms with Crippen LogP contribution in [0.3, 0.4) is 0 Å². The van der Waals surface area contributed by atoms with Crippen LogP contribution in [0.4, 0.5) is 5.82 Å². The molecule has 0 bridgehead atoms. The summed E-state index contributed by atoms with van der Waals surface area (Å²) in [6, 6.07) is 6.62. The molecule has 0 amide bonds. The van der Waals surface area contributed by atoms with Crippen LogP contribution in [0.25, 0.3) is 11.3 Å². The predicted octanol–water partition coefficient (Wildman–Crippen LogP) is 1.93. The van der Waals surface area contributed by atoms with Crippen molar-refractivity contribution >= 4 is 31.8 Å². The molecule has 1 aromatic carbocycles. The Morgan fingerprint density at radius 2 is 1.90 bits per heavy atom. The normalized spacial score (nSPS) is 15.1. The number of nitrogen functional groups attached to an aromatic ring is 1. The molecule has 1 aliphatic carbocycles. The fraction of sp³-hybridized carbons (Fsp3) is 0.231. The summed E-state index contributed by atoms with van der Waals surface area (Å²) in [6.07, 6.45) is 3.37. The highest BCUT2D eigenvalue weighted by Gasteiger charge is 2.27. The van der Waals surface area contributed by atoms with Gasteiger partial charge < -0.3 is 5.73 Å². The first-order valence-electron chi connectivity index (χ1n) is 6.36. The van der Waals surface area contributed by atoms with E-state index in [1.54, 1.807) is 30.5 Å². The van der Waals surface area contributed by atoms with Gasteiger partial charge in [0, 0.05) is 11.6 Å². The summed E-state index contributed by atoms with van der Waals surface area (Å²) < 4.78 is 27.2. The van der Waals surface area contributed by atoms with Crippen LogP contribution in [0.2, 0.25) is 0 Å². The molecule has 110 valence electrons. The number of aromatic nitrogens is 2. The number of nitrogens with one attached hydrogen (secondary N) is 1. The van der Waals surface area contributed by atoms with Crippen LogP contribution in [-0.4, -0.2) is 24.4 Å². The molecule has 2 aromatic rings. The zero-order valence-corrected chi connectivity index (χ0v) is 13.4. The van der Waals surface area contributed by atoms with Gasteiger partial charge in [-0.05, 0) is 40.9 Å². The molecule has 6 nitrogen and oxygen atoms in total. The summed E-state index contributed by atoms with van der Waals surface area (Å²) in [6.45, 7) is 0. The van der Waals surface area contributed by atoms with E-state index in [2.05, 4.69) is 30.6 Å². The lowest BCUT2D eigenvalue weighted by Gasteiger charge is -2.07. The minimum atomic E-state index is -3.43. The molecular formula is C13H13BrN4O2S. The smallest absolute Gasteiger partial charge is 0.240 e. The lowest BCUT2D eigenvalue weighted by Crippen LogP contribution is -2.25. The Labute approximate surface area is 131 Å². The van der Waals surface area contributed by atoms with E-state index in [9.17, 15) is 8.42 Å². The van der Waals surface area contributed by atoms with Crippen molar-refractivity contribution < 1.29 is 8.42 Å². The molecular weight excluding hydrogens is 356 g/mol. The van der Waals surface area contributed by atoms with E-state index in [0.29, 0.717) is 16.1 Å². The average Bonchev–Trinajstić information content (AvgIpc) is 3.25. The highest BCUT2D eigenvalue weighted by molar-refractivity contribution is 9.10. The summed E-state index contributed by atoms with van der Waals surface area (Å²) >= 11 is 3.22. The van der Waals surface area contributed by atoms with Crippen LogP contribution < -0.4 is 10.5 Å². The number of anilines is 1. The zero-order chi connectivity index (χ0) is 15.0. The Morgan fingerprint density at radius 1 is 1.24 bits per heavy atom. The Hall–Kier alpha value is -1.51. The second-order valence-corrected chi connectivity index (χ2v) is 7.32. The third kappa shape index (κ3) is 3.22. The second kappa shape index (κ2) is 5.36. The van der Waals surface area contributed by atoms with Gasteiger partial charge in [-0.1, -0.05) is 12.1 Å². The van der Waals surface area contributed by atoms with Gasteiger partial charge in [0.25, 0.3) is 0 Å². The van der Waals surface area contributed by atoms with Crippen LogP contribution in [0.15, 0.2) is 40.0 Å². The number of hydrogen-bond donors (Lipinski definition) is 2. The first kappa shape index (κ1) is 14.4. The number of sulfonamides is 1. The largest absolute Gasteiger partial charge is 0.381 e. The fourth-order valence-corrected chi connectivity index (χ4v) is 3.41.